The summed E-state index contributed by atoms with van der Waals surface area (Å²) in [6, 6.07) is 13.6. The topological polar surface area (TPSA) is 72.0 Å². The molecule has 0 aliphatic carbocycles. The van der Waals surface area contributed by atoms with Crippen LogP contribution in [0.3, 0.4) is 0 Å². The number of ether oxygens (including phenoxy) is 1. The molecule has 0 aliphatic rings. The van der Waals surface area contributed by atoms with Crippen LogP contribution in [0.15, 0.2) is 48.7 Å². The predicted octanol–water partition coefficient (Wildman–Crippen LogP) is 4.24. The van der Waals surface area contributed by atoms with E-state index in [1.807, 2.05) is 43.3 Å². The quantitative estimate of drug-likeness (QED) is 0.649. The van der Waals surface area contributed by atoms with Gasteiger partial charge in [0.15, 0.2) is 5.82 Å². The van der Waals surface area contributed by atoms with Crippen LogP contribution >= 0.6 is 11.6 Å². The van der Waals surface area contributed by atoms with Crippen molar-refractivity contribution in [3.05, 3.63) is 64.8 Å². The standard InChI is InChI=1S/C19H20ClN5O/c1-13-6-7-15(20)11-17(13)23-18-12-22-25-19(24-18)21-9-8-14-4-3-5-16(10-14)26-2/h3-7,10-12H,8-9H2,1-2H3,(H2,21,23,24,25). The number of nitrogens with zero attached hydrogens (tertiary/aromatic N) is 3. The molecule has 0 atom stereocenters. The van der Waals surface area contributed by atoms with E-state index in [1.54, 1.807) is 13.3 Å². The molecule has 0 saturated heterocycles. The highest BCUT2D eigenvalue weighted by atomic mass is 35.5. The fourth-order valence-corrected chi connectivity index (χ4v) is 2.62. The van der Waals surface area contributed by atoms with Crippen LogP contribution in [-0.4, -0.2) is 28.8 Å². The lowest BCUT2D eigenvalue weighted by molar-refractivity contribution is 0.414. The molecule has 6 nitrogen and oxygen atoms in total. The normalized spacial score (nSPS) is 10.4. The second-order valence-electron chi connectivity index (χ2n) is 5.78. The smallest absolute Gasteiger partial charge is 0.244 e. The summed E-state index contributed by atoms with van der Waals surface area (Å²) in [4.78, 5) is 4.44. The van der Waals surface area contributed by atoms with Gasteiger partial charge in [0.1, 0.15) is 5.75 Å². The van der Waals surface area contributed by atoms with E-state index in [4.69, 9.17) is 16.3 Å². The monoisotopic (exact) mass is 369 g/mol. The maximum absolute atomic E-state index is 6.05. The van der Waals surface area contributed by atoms with E-state index >= 15 is 0 Å². The van der Waals surface area contributed by atoms with Crippen molar-refractivity contribution in [1.82, 2.24) is 15.2 Å². The summed E-state index contributed by atoms with van der Waals surface area (Å²) in [7, 11) is 1.66. The number of anilines is 3. The molecule has 0 bridgehead atoms. The number of halogens is 1. The molecule has 2 aromatic carbocycles. The van der Waals surface area contributed by atoms with Gasteiger partial charge in [-0.05, 0) is 48.7 Å². The van der Waals surface area contributed by atoms with Crippen molar-refractivity contribution >= 4 is 29.1 Å². The first kappa shape index (κ1) is 17.9. The first-order valence-electron chi connectivity index (χ1n) is 8.24. The summed E-state index contributed by atoms with van der Waals surface area (Å²) in [6.07, 6.45) is 2.40. The Morgan fingerprint density at radius 2 is 2.04 bits per heavy atom. The van der Waals surface area contributed by atoms with Gasteiger partial charge in [-0.25, -0.2) is 0 Å². The van der Waals surface area contributed by atoms with Crippen LogP contribution in [0.25, 0.3) is 0 Å². The lowest BCUT2D eigenvalue weighted by Crippen LogP contribution is -2.10. The van der Waals surface area contributed by atoms with Gasteiger partial charge in [-0.2, -0.15) is 10.1 Å². The molecular weight excluding hydrogens is 350 g/mol. The van der Waals surface area contributed by atoms with Gasteiger partial charge in [-0.1, -0.05) is 29.8 Å². The van der Waals surface area contributed by atoms with E-state index in [9.17, 15) is 0 Å². The summed E-state index contributed by atoms with van der Waals surface area (Å²) >= 11 is 6.05. The van der Waals surface area contributed by atoms with E-state index in [1.165, 1.54) is 5.56 Å². The number of aromatic nitrogens is 3. The minimum absolute atomic E-state index is 0.470. The van der Waals surface area contributed by atoms with Crippen LogP contribution in [0, 0.1) is 6.92 Å². The van der Waals surface area contributed by atoms with Crippen molar-refractivity contribution in [3.8, 4) is 5.75 Å². The summed E-state index contributed by atoms with van der Waals surface area (Å²) in [5.41, 5.74) is 3.13. The second kappa shape index (κ2) is 8.49. The molecule has 0 amide bonds. The Bertz CT molecular complexity index is 887. The van der Waals surface area contributed by atoms with Crippen molar-refractivity contribution < 1.29 is 4.74 Å². The zero-order chi connectivity index (χ0) is 18.4. The molecule has 3 aromatic rings. The van der Waals surface area contributed by atoms with Gasteiger partial charge in [0, 0.05) is 17.3 Å². The minimum Gasteiger partial charge on any atom is -0.497 e. The van der Waals surface area contributed by atoms with Gasteiger partial charge in [0.25, 0.3) is 0 Å². The van der Waals surface area contributed by atoms with Crippen LogP contribution in [0.5, 0.6) is 5.75 Å². The Hall–Kier alpha value is -2.86. The molecule has 0 saturated carbocycles. The number of hydrogen-bond donors (Lipinski definition) is 2. The molecule has 134 valence electrons. The van der Waals surface area contributed by atoms with E-state index in [-0.39, 0.29) is 0 Å². The SMILES string of the molecule is COc1cccc(CCNc2nncc(Nc3cc(Cl)ccc3C)n2)c1. The summed E-state index contributed by atoms with van der Waals surface area (Å²) in [6.45, 7) is 2.69. The Morgan fingerprint density at radius 1 is 1.15 bits per heavy atom. The average Bonchev–Trinajstić information content (AvgIpc) is 2.65. The molecule has 1 aromatic heterocycles. The summed E-state index contributed by atoms with van der Waals surface area (Å²) < 4.78 is 5.24. The summed E-state index contributed by atoms with van der Waals surface area (Å²) in [5.74, 6) is 1.93. The highest BCUT2D eigenvalue weighted by Crippen LogP contribution is 2.23. The molecule has 7 heteroatoms. The van der Waals surface area contributed by atoms with E-state index < -0.39 is 0 Å². The van der Waals surface area contributed by atoms with Crippen LogP contribution in [0.4, 0.5) is 17.5 Å². The van der Waals surface area contributed by atoms with E-state index in [0.717, 1.165) is 23.4 Å². The van der Waals surface area contributed by atoms with Gasteiger partial charge in [-0.3, -0.25) is 0 Å². The van der Waals surface area contributed by atoms with Crippen LogP contribution in [-0.2, 0) is 6.42 Å². The first-order valence-corrected chi connectivity index (χ1v) is 8.61. The van der Waals surface area contributed by atoms with Gasteiger partial charge >= 0.3 is 0 Å². The molecule has 0 fully saturated rings. The van der Waals surface area contributed by atoms with Crippen molar-refractivity contribution in [3.63, 3.8) is 0 Å². The third-order valence-electron chi connectivity index (χ3n) is 3.85. The number of hydrogen-bond acceptors (Lipinski definition) is 6. The Labute approximate surface area is 157 Å². The number of benzene rings is 2. The first-order chi connectivity index (χ1) is 12.6. The van der Waals surface area contributed by atoms with Gasteiger partial charge < -0.3 is 15.4 Å². The molecule has 3 rings (SSSR count). The van der Waals surface area contributed by atoms with Crippen LogP contribution < -0.4 is 15.4 Å². The van der Waals surface area contributed by atoms with Crippen LogP contribution in [0.1, 0.15) is 11.1 Å². The highest BCUT2D eigenvalue weighted by molar-refractivity contribution is 6.30. The number of methoxy groups -OCH3 is 1. The van der Waals surface area contributed by atoms with Gasteiger partial charge in [0.05, 0.1) is 13.3 Å². The van der Waals surface area contributed by atoms with E-state index in [0.29, 0.717) is 23.3 Å². The van der Waals surface area contributed by atoms with Gasteiger partial charge in [-0.15, -0.1) is 5.10 Å². The molecule has 26 heavy (non-hydrogen) atoms. The molecule has 0 radical (unpaired) electrons. The Kier molecular flexibility index (Phi) is 5.86. The molecule has 2 N–H and O–H groups in total. The fourth-order valence-electron chi connectivity index (χ4n) is 2.45. The maximum atomic E-state index is 6.05. The fraction of sp³-hybridized carbons (Fsp3) is 0.211. The maximum Gasteiger partial charge on any atom is 0.244 e. The van der Waals surface area contributed by atoms with Crippen LogP contribution in [0.2, 0.25) is 5.02 Å². The molecule has 1 heterocycles. The number of nitrogens with one attached hydrogen (secondary N) is 2. The average molecular weight is 370 g/mol. The van der Waals surface area contributed by atoms with Crippen molar-refractivity contribution in [2.45, 2.75) is 13.3 Å². The molecular formula is C19H20ClN5O. The predicted molar refractivity (Wildman–Crippen MR) is 104 cm³/mol. The second-order valence-corrected chi connectivity index (χ2v) is 6.21. The third-order valence-corrected chi connectivity index (χ3v) is 4.09. The van der Waals surface area contributed by atoms with Crippen molar-refractivity contribution in [2.75, 3.05) is 24.3 Å². The number of rotatable bonds is 7. The Balaban J connectivity index is 1.61. The summed E-state index contributed by atoms with van der Waals surface area (Å²) in [5, 5.41) is 15.1. The lowest BCUT2D eigenvalue weighted by Gasteiger charge is -2.10. The molecule has 0 aliphatic heterocycles. The van der Waals surface area contributed by atoms with E-state index in [2.05, 4.69) is 31.9 Å². The zero-order valence-corrected chi connectivity index (χ0v) is 15.4. The van der Waals surface area contributed by atoms with Gasteiger partial charge in [0.2, 0.25) is 5.95 Å². The lowest BCUT2D eigenvalue weighted by atomic mass is 10.1. The zero-order valence-electron chi connectivity index (χ0n) is 14.7. The van der Waals surface area contributed by atoms with Crippen molar-refractivity contribution in [1.29, 1.82) is 0 Å². The molecule has 0 unspecified atom stereocenters. The third kappa shape index (κ3) is 4.83. The molecule has 0 spiro atoms. The minimum atomic E-state index is 0.470. The largest absolute Gasteiger partial charge is 0.497 e. The number of aryl methyl sites for hydroxylation is 1. The Morgan fingerprint density at radius 3 is 2.88 bits per heavy atom. The van der Waals surface area contributed by atoms with Crippen molar-refractivity contribution in [2.24, 2.45) is 0 Å². The highest BCUT2D eigenvalue weighted by Gasteiger charge is 2.04.